The quantitative estimate of drug-likeness (QED) is 0.779. The highest BCUT2D eigenvalue weighted by Crippen LogP contribution is 2.31. The van der Waals surface area contributed by atoms with E-state index in [9.17, 15) is 5.11 Å². The van der Waals surface area contributed by atoms with Crippen LogP contribution in [0.2, 0.25) is 0 Å². The molecule has 3 rings (SSSR count). The van der Waals surface area contributed by atoms with Gasteiger partial charge in [-0.25, -0.2) is 0 Å². The number of hydrogen-bond acceptors (Lipinski definition) is 5. The van der Waals surface area contributed by atoms with Crippen molar-refractivity contribution in [1.82, 2.24) is 15.1 Å². The van der Waals surface area contributed by atoms with Gasteiger partial charge in [0.2, 0.25) is 5.82 Å². The molecule has 5 heteroatoms. The van der Waals surface area contributed by atoms with Crippen molar-refractivity contribution in [2.24, 2.45) is 0 Å². The molecule has 1 aromatic carbocycles. The summed E-state index contributed by atoms with van der Waals surface area (Å²) < 4.78 is 5.28. The molecule has 0 aliphatic rings. The van der Waals surface area contributed by atoms with Crippen molar-refractivity contribution in [3.63, 3.8) is 0 Å². The molecule has 0 saturated carbocycles. The Bertz CT molecular complexity index is 789. The van der Waals surface area contributed by atoms with Crippen LogP contribution in [0.4, 0.5) is 0 Å². The van der Waals surface area contributed by atoms with Gasteiger partial charge in [0.25, 0.3) is 5.89 Å². The van der Waals surface area contributed by atoms with Crippen LogP contribution in [0.15, 0.2) is 34.9 Å². The lowest BCUT2D eigenvalue weighted by atomic mass is 10.1. The summed E-state index contributed by atoms with van der Waals surface area (Å²) in [5.74, 6) is 0.951. The third kappa shape index (κ3) is 2.50. The van der Waals surface area contributed by atoms with Crippen molar-refractivity contribution in [2.45, 2.75) is 20.8 Å². The van der Waals surface area contributed by atoms with Crippen LogP contribution in [0, 0.1) is 20.8 Å². The van der Waals surface area contributed by atoms with E-state index >= 15 is 0 Å². The highest BCUT2D eigenvalue weighted by Gasteiger charge is 2.15. The smallest absolute Gasteiger partial charge is 0.262 e. The zero-order valence-electron chi connectivity index (χ0n) is 12.1. The van der Waals surface area contributed by atoms with Crippen LogP contribution < -0.4 is 0 Å². The minimum Gasteiger partial charge on any atom is -0.507 e. The number of rotatable bonds is 2. The third-order valence-corrected chi connectivity index (χ3v) is 3.23. The normalized spacial score (nSPS) is 10.8. The van der Waals surface area contributed by atoms with Crippen molar-refractivity contribution in [3.8, 4) is 28.6 Å². The lowest BCUT2D eigenvalue weighted by Gasteiger charge is -2.01. The maximum absolute atomic E-state index is 10.1. The van der Waals surface area contributed by atoms with E-state index in [4.69, 9.17) is 4.52 Å². The Morgan fingerprint density at radius 2 is 1.71 bits per heavy atom. The number of phenolic OH excluding ortho intramolecular Hbond substituents is 1. The molecule has 3 aromatic rings. The molecule has 0 amide bonds. The van der Waals surface area contributed by atoms with Gasteiger partial charge in [0, 0.05) is 17.0 Å². The van der Waals surface area contributed by atoms with E-state index in [0.717, 1.165) is 22.5 Å². The van der Waals surface area contributed by atoms with Crippen LogP contribution in [-0.4, -0.2) is 20.2 Å². The van der Waals surface area contributed by atoms with Crippen molar-refractivity contribution in [3.05, 3.63) is 47.3 Å². The lowest BCUT2D eigenvalue weighted by molar-refractivity contribution is 0.425. The van der Waals surface area contributed by atoms with Gasteiger partial charge in [-0.1, -0.05) is 17.3 Å². The van der Waals surface area contributed by atoms with Gasteiger partial charge in [-0.05, 0) is 44.5 Å². The second-order valence-electron chi connectivity index (χ2n) is 5.03. The lowest BCUT2D eigenvalue weighted by Crippen LogP contribution is -1.89. The van der Waals surface area contributed by atoms with Gasteiger partial charge in [0.1, 0.15) is 5.75 Å². The molecule has 0 saturated heterocycles. The molecule has 0 fully saturated rings. The average Bonchev–Trinajstić information content (AvgIpc) is 2.90. The number of aromatic nitrogens is 3. The predicted molar refractivity (Wildman–Crippen MR) is 78.8 cm³/mol. The fraction of sp³-hybridized carbons (Fsp3) is 0.188. The fourth-order valence-corrected chi connectivity index (χ4v) is 2.25. The molecular weight excluding hydrogens is 266 g/mol. The fourth-order valence-electron chi connectivity index (χ4n) is 2.25. The van der Waals surface area contributed by atoms with E-state index in [2.05, 4.69) is 15.1 Å². The number of pyridine rings is 1. The number of aromatic hydroxyl groups is 1. The summed E-state index contributed by atoms with van der Waals surface area (Å²) in [5.41, 5.74) is 3.95. The molecule has 0 spiro atoms. The molecular formula is C16H15N3O2. The predicted octanol–water partition coefficient (Wildman–Crippen LogP) is 3.43. The van der Waals surface area contributed by atoms with E-state index in [1.807, 2.05) is 45.0 Å². The van der Waals surface area contributed by atoms with Gasteiger partial charge >= 0.3 is 0 Å². The second-order valence-corrected chi connectivity index (χ2v) is 5.03. The van der Waals surface area contributed by atoms with E-state index < -0.39 is 0 Å². The summed E-state index contributed by atoms with van der Waals surface area (Å²) in [6.45, 7) is 5.67. The molecule has 0 atom stereocenters. The molecule has 0 unspecified atom stereocenters. The Hall–Kier alpha value is -2.69. The summed E-state index contributed by atoms with van der Waals surface area (Å²) in [7, 11) is 0. The van der Waals surface area contributed by atoms with Crippen LogP contribution in [0.1, 0.15) is 17.0 Å². The van der Waals surface area contributed by atoms with Crippen LogP contribution in [0.3, 0.4) is 0 Å². The highest BCUT2D eigenvalue weighted by atomic mass is 16.5. The Labute approximate surface area is 122 Å². The van der Waals surface area contributed by atoms with Crippen LogP contribution in [-0.2, 0) is 0 Å². The number of aryl methyl sites for hydroxylation is 3. The summed E-state index contributed by atoms with van der Waals surface area (Å²) in [6.07, 6.45) is 0. The number of phenols is 1. The zero-order valence-corrected chi connectivity index (χ0v) is 12.1. The zero-order chi connectivity index (χ0) is 15.0. The van der Waals surface area contributed by atoms with Gasteiger partial charge in [-0.15, -0.1) is 0 Å². The molecule has 2 aromatic heterocycles. The van der Waals surface area contributed by atoms with Crippen molar-refractivity contribution in [1.29, 1.82) is 0 Å². The van der Waals surface area contributed by atoms with Gasteiger partial charge in [-0.3, -0.25) is 4.98 Å². The summed E-state index contributed by atoms with van der Waals surface area (Å²) in [4.78, 5) is 8.69. The SMILES string of the molecule is Cc1cc(-c2noc(-c3cccc(C)c3O)n2)cc(C)n1. The van der Waals surface area contributed by atoms with E-state index in [0.29, 0.717) is 17.3 Å². The minimum atomic E-state index is 0.162. The van der Waals surface area contributed by atoms with Crippen LogP contribution in [0.25, 0.3) is 22.8 Å². The first-order chi connectivity index (χ1) is 10.0. The van der Waals surface area contributed by atoms with Crippen molar-refractivity contribution in [2.75, 3.05) is 0 Å². The van der Waals surface area contributed by atoms with Gasteiger partial charge in [0.15, 0.2) is 0 Å². The topological polar surface area (TPSA) is 72.0 Å². The van der Waals surface area contributed by atoms with E-state index in [1.165, 1.54) is 0 Å². The Kier molecular flexibility index (Phi) is 3.17. The number of nitrogens with zero attached hydrogens (tertiary/aromatic N) is 3. The molecule has 21 heavy (non-hydrogen) atoms. The summed E-state index contributed by atoms with van der Waals surface area (Å²) >= 11 is 0. The second kappa shape index (κ2) is 5.01. The Morgan fingerprint density at radius 1 is 1.00 bits per heavy atom. The van der Waals surface area contributed by atoms with E-state index in [1.54, 1.807) is 6.07 Å². The van der Waals surface area contributed by atoms with Gasteiger partial charge in [0.05, 0.1) is 5.56 Å². The Morgan fingerprint density at radius 3 is 2.43 bits per heavy atom. The van der Waals surface area contributed by atoms with Crippen molar-refractivity contribution < 1.29 is 9.63 Å². The molecule has 106 valence electrons. The summed E-state index contributed by atoms with van der Waals surface area (Å²) in [6, 6.07) is 9.22. The first-order valence-electron chi connectivity index (χ1n) is 6.63. The van der Waals surface area contributed by atoms with Crippen LogP contribution in [0.5, 0.6) is 5.75 Å². The maximum atomic E-state index is 10.1. The van der Waals surface area contributed by atoms with Crippen molar-refractivity contribution >= 4 is 0 Å². The van der Waals surface area contributed by atoms with Gasteiger partial charge in [-0.2, -0.15) is 4.98 Å². The summed E-state index contributed by atoms with van der Waals surface area (Å²) in [5, 5.41) is 14.1. The molecule has 0 radical (unpaired) electrons. The molecule has 5 nitrogen and oxygen atoms in total. The highest BCUT2D eigenvalue weighted by molar-refractivity contribution is 5.66. The Balaban J connectivity index is 2.06. The molecule has 0 bridgehead atoms. The molecule has 2 heterocycles. The molecule has 1 N–H and O–H groups in total. The van der Waals surface area contributed by atoms with Crippen LogP contribution >= 0.6 is 0 Å². The molecule has 0 aliphatic heterocycles. The first-order valence-corrected chi connectivity index (χ1v) is 6.63. The van der Waals surface area contributed by atoms with E-state index in [-0.39, 0.29) is 5.75 Å². The number of hydrogen-bond donors (Lipinski definition) is 1. The number of para-hydroxylation sites is 1. The largest absolute Gasteiger partial charge is 0.507 e. The third-order valence-electron chi connectivity index (χ3n) is 3.23. The first kappa shape index (κ1) is 13.3. The minimum absolute atomic E-state index is 0.162. The average molecular weight is 281 g/mol. The number of benzene rings is 1. The molecule has 0 aliphatic carbocycles. The monoisotopic (exact) mass is 281 g/mol. The standard InChI is InChI=1S/C16H15N3O2/c1-9-5-4-6-13(14(9)20)16-18-15(19-21-16)12-7-10(2)17-11(3)8-12/h4-8,20H,1-3H3. The van der Waals surface area contributed by atoms with Gasteiger partial charge < -0.3 is 9.63 Å². The maximum Gasteiger partial charge on any atom is 0.262 e.